The fraction of sp³-hybridized carbons (Fsp3) is 0.227. The van der Waals surface area contributed by atoms with E-state index in [0.29, 0.717) is 30.5 Å². The molecule has 0 saturated carbocycles. The molecule has 0 unspecified atom stereocenters. The van der Waals surface area contributed by atoms with E-state index in [2.05, 4.69) is 29.2 Å². The molecule has 2 aromatic carbocycles. The summed E-state index contributed by atoms with van der Waals surface area (Å²) in [6.45, 7) is 4.02. The van der Waals surface area contributed by atoms with Gasteiger partial charge in [0, 0.05) is 38.8 Å². The van der Waals surface area contributed by atoms with E-state index < -0.39 is 0 Å². The molecule has 1 aromatic heterocycles. The van der Waals surface area contributed by atoms with Gasteiger partial charge in [0.2, 0.25) is 0 Å². The normalized spacial score (nSPS) is 14.9. The highest BCUT2D eigenvalue weighted by Crippen LogP contribution is 2.24. The Bertz CT molecular complexity index is 869. The maximum atomic E-state index is 12.7. The topological polar surface area (TPSA) is 45.9 Å². The van der Waals surface area contributed by atoms with Gasteiger partial charge in [-0.1, -0.05) is 48.5 Å². The molecular formula is C22H22N2O3. The SMILES string of the molecule is O=C(c1ccc(Oc2ccccc2)o1)N1CCN(Cc2ccccc2)CC1. The second kappa shape index (κ2) is 8.10. The molecule has 0 spiro atoms. The number of ether oxygens (including phenoxy) is 1. The summed E-state index contributed by atoms with van der Waals surface area (Å²) in [5.74, 6) is 1.24. The van der Waals surface area contributed by atoms with E-state index in [1.54, 1.807) is 12.1 Å². The third-order valence-corrected chi connectivity index (χ3v) is 4.66. The van der Waals surface area contributed by atoms with Crippen molar-refractivity contribution in [3.05, 3.63) is 84.1 Å². The van der Waals surface area contributed by atoms with Crippen molar-refractivity contribution in [1.29, 1.82) is 0 Å². The highest BCUT2D eigenvalue weighted by atomic mass is 16.6. The molecule has 0 aliphatic carbocycles. The van der Waals surface area contributed by atoms with Gasteiger partial charge >= 0.3 is 0 Å². The van der Waals surface area contributed by atoms with Crippen LogP contribution in [-0.2, 0) is 6.54 Å². The molecule has 0 atom stereocenters. The van der Waals surface area contributed by atoms with Crippen LogP contribution in [0.2, 0.25) is 0 Å². The zero-order chi connectivity index (χ0) is 18.5. The van der Waals surface area contributed by atoms with Gasteiger partial charge in [0.1, 0.15) is 5.75 Å². The maximum Gasteiger partial charge on any atom is 0.290 e. The van der Waals surface area contributed by atoms with Crippen LogP contribution in [0.1, 0.15) is 16.1 Å². The zero-order valence-electron chi connectivity index (χ0n) is 15.1. The lowest BCUT2D eigenvalue weighted by atomic mass is 10.2. The molecule has 1 saturated heterocycles. The van der Waals surface area contributed by atoms with Crippen molar-refractivity contribution in [2.45, 2.75) is 6.54 Å². The summed E-state index contributed by atoms with van der Waals surface area (Å²) >= 11 is 0. The molecular weight excluding hydrogens is 340 g/mol. The number of furan rings is 1. The summed E-state index contributed by atoms with van der Waals surface area (Å²) in [6.07, 6.45) is 0. The predicted octanol–water partition coefficient (Wildman–Crippen LogP) is 4.03. The Kier molecular flexibility index (Phi) is 5.21. The second-order valence-corrected chi connectivity index (χ2v) is 6.59. The number of piperazine rings is 1. The summed E-state index contributed by atoms with van der Waals surface area (Å²) in [5.41, 5.74) is 1.30. The van der Waals surface area contributed by atoms with Crippen LogP contribution in [0.4, 0.5) is 0 Å². The molecule has 1 aliphatic rings. The number of benzene rings is 2. The standard InChI is InChI=1S/C22H22N2O3/c25-22(20-11-12-21(27-20)26-19-9-5-2-6-10-19)24-15-13-23(14-16-24)17-18-7-3-1-4-8-18/h1-12H,13-17H2. The molecule has 138 valence electrons. The van der Waals surface area contributed by atoms with Crippen LogP contribution in [-0.4, -0.2) is 41.9 Å². The van der Waals surface area contributed by atoms with Gasteiger partial charge in [-0.25, -0.2) is 0 Å². The van der Waals surface area contributed by atoms with E-state index in [0.717, 1.165) is 19.6 Å². The largest absolute Gasteiger partial charge is 0.426 e. The average Bonchev–Trinajstić information content (AvgIpc) is 3.18. The molecule has 4 rings (SSSR count). The summed E-state index contributed by atoms with van der Waals surface area (Å²) in [7, 11) is 0. The second-order valence-electron chi connectivity index (χ2n) is 6.59. The molecule has 0 N–H and O–H groups in total. The van der Waals surface area contributed by atoms with Crippen LogP contribution in [0.3, 0.4) is 0 Å². The van der Waals surface area contributed by atoms with Crippen LogP contribution in [0.25, 0.3) is 0 Å². The first-order chi connectivity index (χ1) is 13.3. The van der Waals surface area contributed by atoms with Gasteiger partial charge in [-0.05, 0) is 23.8 Å². The summed E-state index contributed by atoms with van der Waals surface area (Å²) in [6, 6.07) is 23.2. The number of nitrogens with zero attached hydrogens (tertiary/aromatic N) is 2. The van der Waals surface area contributed by atoms with Crippen LogP contribution in [0, 0.1) is 0 Å². The number of para-hydroxylation sites is 1. The molecule has 2 heterocycles. The lowest BCUT2D eigenvalue weighted by Crippen LogP contribution is -2.48. The van der Waals surface area contributed by atoms with Gasteiger partial charge < -0.3 is 14.1 Å². The first kappa shape index (κ1) is 17.4. The number of carbonyl (C=O) groups is 1. The molecule has 1 amide bonds. The summed E-state index contributed by atoms with van der Waals surface area (Å²) < 4.78 is 11.2. The summed E-state index contributed by atoms with van der Waals surface area (Å²) in [4.78, 5) is 16.9. The van der Waals surface area contributed by atoms with E-state index in [4.69, 9.17) is 9.15 Å². The third kappa shape index (κ3) is 4.38. The first-order valence-electron chi connectivity index (χ1n) is 9.16. The molecule has 5 nitrogen and oxygen atoms in total. The Morgan fingerprint density at radius 3 is 2.22 bits per heavy atom. The Morgan fingerprint density at radius 1 is 0.852 bits per heavy atom. The van der Waals surface area contributed by atoms with Crippen molar-refractivity contribution < 1.29 is 13.9 Å². The zero-order valence-corrected chi connectivity index (χ0v) is 15.1. The van der Waals surface area contributed by atoms with E-state index in [-0.39, 0.29) is 5.91 Å². The first-order valence-corrected chi connectivity index (χ1v) is 9.16. The number of carbonyl (C=O) groups excluding carboxylic acids is 1. The molecule has 1 fully saturated rings. The Hall–Kier alpha value is -3.05. The minimum absolute atomic E-state index is 0.0859. The lowest BCUT2D eigenvalue weighted by Gasteiger charge is -2.34. The van der Waals surface area contributed by atoms with Crippen molar-refractivity contribution >= 4 is 5.91 Å². The molecule has 0 bridgehead atoms. The Morgan fingerprint density at radius 2 is 1.52 bits per heavy atom. The Balaban J connectivity index is 1.32. The van der Waals surface area contributed by atoms with Crippen LogP contribution >= 0.6 is 0 Å². The Labute approximate surface area is 158 Å². The summed E-state index contributed by atoms with van der Waals surface area (Å²) in [5, 5.41) is 0. The molecule has 0 radical (unpaired) electrons. The maximum absolute atomic E-state index is 12.7. The minimum atomic E-state index is -0.0859. The van der Waals surface area contributed by atoms with Crippen LogP contribution < -0.4 is 4.74 Å². The van der Waals surface area contributed by atoms with Gasteiger partial charge in [-0.2, -0.15) is 0 Å². The molecule has 3 aromatic rings. The molecule has 1 aliphatic heterocycles. The number of amides is 1. The highest BCUT2D eigenvalue weighted by Gasteiger charge is 2.24. The van der Waals surface area contributed by atoms with Gasteiger partial charge in [0.15, 0.2) is 5.76 Å². The number of hydrogen-bond donors (Lipinski definition) is 0. The molecule has 27 heavy (non-hydrogen) atoms. The smallest absolute Gasteiger partial charge is 0.290 e. The quantitative estimate of drug-likeness (QED) is 0.687. The number of hydrogen-bond acceptors (Lipinski definition) is 4. The number of rotatable bonds is 5. The lowest BCUT2D eigenvalue weighted by molar-refractivity contribution is 0.0593. The molecule has 5 heteroatoms. The van der Waals surface area contributed by atoms with E-state index >= 15 is 0 Å². The minimum Gasteiger partial charge on any atom is -0.426 e. The fourth-order valence-corrected chi connectivity index (χ4v) is 3.20. The highest BCUT2D eigenvalue weighted by molar-refractivity contribution is 5.91. The fourth-order valence-electron chi connectivity index (χ4n) is 3.20. The van der Waals surface area contributed by atoms with Crippen molar-refractivity contribution in [2.24, 2.45) is 0 Å². The van der Waals surface area contributed by atoms with Crippen LogP contribution in [0.5, 0.6) is 11.7 Å². The van der Waals surface area contributed by atoms with Crippen LogP contribution in [0.15, 0.2) is 77.2 Å². The van der Waals surface area contributed by atoms with Gasteiger partial charge in [0.05, 0.1) is 0 Å². The van der Waals surface area contributed by atoms with Crippen molar-refractivity contribution in [3.8, 4) is 11.7 Å². The van der Waals surface area contributed by atoms with Crippen molar-refractivity contribution in [2.75, 3.05) is 26.2 Å². The van der Waals surface area contributed by atoms with E-state index in [1.807, 2.05) is 41.3 Å². The van der Waals surface area contributed by atoms with Gasteiger partial charge in [-0.3, -0.25) is 9.69 Å². The average molecular weight is 362 g/mol. The van der Waals surface area contributed by atoms with E-state index in [9.17, 15) is 4.79 Å². The predicted molar refractivity (Wildman–Crippen MR) is 103 cm³/mol. The van der Waals surface area contributed by atoms with Crippen molar-refractivity contribution in [1.82, 2.24) is 9.80 Å². The monoisotopic (exact) mass is 362 g/mol. The van der Waals surface area contributed by atoms with Gasteiger partial charge in [-0.15, -0.1) is 0 Å². The van der Waals surface area contributed by atoms with Crippen molar-refractivity contribution in [3.63, 3.8) is 0 Å². The third-order valence-electron chi connectivity index (χ3n) is 4.66. The van der Waals surface area contributed by atoms with Gasteiger partial charge in [0.25, 0.3) is 11.9 Å². The van der Waals surface area contributed by atoms with E-state index in [1.165, 1.54) is 5.56 Å².